The number of hydrogen-bond acceptors (Lipinski definition) is 5. The summed E-state index contributed by atoms with van der Waals surface area (Å²) < 4.78 is 18.4. The van der Waals surface area contributed by atoms with Crippen LogP contribution in [0.4, 0.5) is 0 Å². The molecule has 0 saturated carbocycles. The fourth-order valence-corrected chi connectivity index (χ4v) is 4.91. The number of hydrogen-bond donors (Lipinski definition) is 3. The molecule has 1 rings (SSSR count). The predicted molar refractivity (Wildman–Crippen MR) is 92.0 cm³/mol. The Morgan fingerprint density at radius 3 is 2.75 bits per heavy atom. The zero-order chi connectivity index (χ0) is 18.0. The van der Waals surface area contributed by atoms with Crippen molar-refractivity contribution in [3.63, 3.8) is 0 Å². The molecule has 1 heterocycles. The van der Waals surface area contributed by atoms with Gasteiger partial charge in [0.25, 0.3) is 7.52 Å². The van der Waals surface area contributed by atoms with Gasteiger partial charge in [-0.15, -0.1) is 0 Å². The average molecular weight is 363 g/mol. The van der Waals surface area contributed by atoms with Crippen molar-refractivity contribution in [2.24, 2.45) is 5.73 Å². The van der Waals surface area contributed by atoms with Crippen molar-refractivity contribution in [1.29, 1.82) is 0 Å². The molecule has 0 bridgehead atoms. The van der Waals surface area contributed by atoms with Gasteiger partial charge in [-0.1, -0.05) is 12.8 Å². The number of carboxylic acid groups (broad SMARTS) is 1. The lowest BCUT2D eigenvalue weighted by atomic mass is 10.1. The smallest absolute Gasteiger partial charge is 0.323 e. The SMILES string of the molecule is CCOP(=O)(CCCCCCN)N[C@H]1CCCN(CC(=O)O)C1=O. The third-order valence-electron chi connectivity index (χ3n) is 3.95. The Labute approximate surface area is 143 Å². The van der Waals surface area contributed by atoms with Crippen molar-refractivity contribution in [2.45, 2.75) is 51.5 Å². The maximum atomic E-state index is 12.9. The molecule has 1 amide bonds. The molecule has 140 valence electrons. The van der Waals surface area contributed by atoms with Crippen LogP contribution < -0.4 is 10.8 Å². The van der Waals surface area contributed by atoms with Crippen molar-refractivity contribution in [3.8, 4) is 0 Å². The van der Waals surface area contributed by atoms with Gasteiger partial charge in [-0.3, -0.25) is 14.2 Å². The molecule has 24 heavy (non-hydrogen) atoms. The van der Waals surface area contributed by atoms with Crippen LogP contribution in [0.3, 0.4) is 0 Å². The number of nitrogens with zero attached hydrogens (tertiary/aromatic N) is 1. The van der Waals surface area contributed by atoms with E-state index >= 15 is 0 Å². The van der Waals surface area contributed by atoms with Crippen LogP contribution in [0.2, 0.25) is 0 Å². The summed E-state index contributed by atoms with van der Waals surface area (Å²) in [6.07, 6.45) is 5.17. The van der Waals surface area contributed by atoms with Gasteiger partial charge < -0.3 is 20.3 Å². The van der Waals surface area contributed by atoms with E-state index in [-0.39, 0.29) is 12.5 Å². The van der Waals surface area contributed by atoms with Crippen LogP contribution in [-0.2, 0) is 18.7 Å². The molecule has 2 atom stereocenters. The van der Waals surface area contributed by atoms with Crippen molar-refractivity contribution >= 4 is 19.4 Å². The zero-order valence-electron chi connectivity index (χ0n) is 14.4. The van der Waals surface area contributed by atoms with Crippen molar-refractivity contribution in [2.75, 3.05) is 32.4 Å². The van der Waals surface area contributed by atoms with Gasteiger partial charge in [-0.25, -0.2) is 5.09 Å². The Bertz CT molecular complexity index is 460. The molecule has 8 nitrogen and oxygen atoms in total. The number of nitrogens with one attached hydrogen (secondary N) is 1. The highest BCUT2D eigenvalue weighted by molar-refractivity contribution is 7.56. The molecule has 4 N–H and O–H groups in total. The Morgan fingerprint density at radius 1 is 1.42 bits per heavy atom. The minimum absolute atomic E-state index is 0.298. The molecule has 0 aromatic heterocycles. The van der Waals surface area contributed by atoms with Crippen LogP contribution in [0.15, 0.2) is 0 Å². The summed E-state index contributed by atoms with van der Waals surface area (Å²) in [5, 5.41) is 11.8. The summed E-state index contributed by atoms with van der Waals surface area (Å²) >= 11 is 0. The third-order valence-corrected chi connectivity index (χ3v) is 6.24. The van der Waals surface area contributed by atoms with Crippen molar-refractivity contribution in [3.05, 3.63) is 0 Å². The molecule has 0 aliphatic carbocycles. The Balaban J connectivity index is 2.60. The van der Waals surface area contributed by atoms with Gasteiger partial charge in [0.2, 0.25) is 5.91 Å². The lowest BCUT2D eigenvalue weighted by molar-refractivity contribution is -0.146. The van der Waals surface area contributed by atoms with Gasteiger partial charge in [0.15, 0.2) is 0 Å². The number of carboxylic acids is 1. The zero-order valence-corrected chi connectivity index (χ0v) is 15.3. The molecule has 0 aromatic rings. The van der Waals surface area contributed by atoms with Gasteiger partial charge >= 0.3 is 5.97 Å². The van der Waals surface area contributed by atoms with Crippen LogP contribution in [-0.4, -0.2) is 60.3 Å². The maximum Gasteiger partial charge on any atom is 0.323 e. The lowest BCUT2D eigenvalue weighted by Crippen LogP contribution is -2.51. The van der Waals surface area contributed by atoms with Gasteiger partial charge in [-0.05, 0) is 39.2 Å². The number of carbonyl (C=O) groups is 2. The minimum atomic E-state index is -3.11. The minimum Gasteiger partial charge on any atom is -0.480 e. The summed E-state index contributed by atoms with van der Waals surface area (Å²) in [4.78, 5) is 24.5. The highest BCUT2D eigenvalue weighted by Crippen LogP contribution is 2.44. The number of nitrogens with two attached hydrogens (primary N) is 1. The van der Waals surface area contributed by atoms with E-state index in [1.807, 2.05) is 0 Å². The average Bonchev–Trinajstić information content (AvgIpc) is 2.51. The topological polar surface area (TPSA) is 122 Å². The molecule has 1 aliphatic heterocycles. The van der Waals surface area contributed by atoms with Crippen LogP contribution in [0.1, 0.15) is 45.4 Å². The predicted octanol–water partition coefficient (Wildman–Crippen LogP) is 1.40. The van der Waals surface area contributed by atoms with E-state index in [9.17, 15) is 14.2 Å². The molecule has 0 spiro atoms. The second kappa shape index (κ2) is 10.8. The first-order valence-corrected chi connectivity index (χ1v) is 10.4. The van der Waals surface area contributed by atoms with E-state index in [1.54, 1.807) is 6.92 Å². The van der Waals surface area contributed by atoms with Gasteiger partial charge in [0.05, 0.1) is 12.6 Å². The monoisotopic (exact) mass is 363 g/mol. The van der Waals surface area contributed by atoms with Crippen LogP contribution in [0, 0.1) is 0 Å². The number of likely N-dealkylation sites (tertiary alicyclic amines) is 1. The number of unbranched alkanes of at least 4 members (excludes halogenated alkanes) is 3. The Kier molecular flexibility index (Phi) is 9.51. The van der Waals surface area contributed by atoms with Crippen LogP contribution >= 0.6 is 7.52 Å². The summed E-state index contributed by atoms with van der Waals surface area (Å²) in [7, 11) is -3.11. The first-order chi connectivity index (χ1) is 11.4. The van der Waals surface area contributed by atoms with Gasteiger partial charge in [0, 0.05) is 12.7 Å². The molecule has 1 unspecified atom stereocenters. The molecule has 1 aliphatic rings. The summed E-state index contributed by atoms with van der Waals surface area (Å²) in [5.74, 6) is -1.36. The first-order valence-electron chi connectivity index (χ1n) is 8.64. The molecular weight excluding hydrogens is 333 g/mol. The largest absolute Gasteiger partial charge is 0.480 e. The van der Waals surface area contributed by atoms with E-state index in [0.29, 0.717) is 38.7 Å². The van der Waals surface area contributed by atoms with Crippen LogP contribution in [0.5, 0.6) is 0 Å². The molecule has 1 saturated heterocycles. The normalized spacial score (nSPS) is 20.8. The second-order valence-electron chi connectivity index (χ2n) is 6.00. The summed E-state index contributed by atoms with van der Waals surface area (Å²) in [6.45, 7) is 2.81. The number of piperidine rings is 1. The van der Waals surface area contributed by atoms with Crippen LogP contribution in [0.25, 0.3) is 0 Å². The fourth-order valence-electron chi connectivity index (χ4n) is 2.81. The highest BCUT2D eigenvalue weighted by Gasteiger charge is 2.35. The Morgan fingerprint density at radius 2 is 2.12 bits per heavy atom. The number of carbonyl (C=O) groups excluding carboxylic acids is 1. The summed E-state index contributed by atoms with van der Waals surface area (Å²) in [6, 6.07) is -0.639. The second-order valence-corrected chi connectivity index (χ2v) is 8.31. The standard InChI is InChI=1S/C15H30N3O5P/c1-2-23-24(22,11-6-4-3-5-9-16)17-13-8-7-10-18(15(13)21)12-14(19)20/h13H,2-12,16H2,1H3,(H,17,22)(H,19,20)/t13-,24?/m0/s1. The molecule has 0 radical (unpaired) electrons. The quantitative estimate of drug-likeness (QED) is 0.354. The molecule has 9 heteroatoms. The maximum absolute atomic E-state index is 12.9. The van der Waals surface area contributed by atoms with Gasteiger partial charge in [0.1, 0.15) is 6.54 Å². The lowest BCUT2D eigenvalue weighted by Gasteiger charge is -2.33. The van der Waals surface area contributed by atoms with Crippen molar-refractivity contribution in [1.82, 2.24) is 9.99 Å². The van der Waals surface area contributed by atoms with E-state index in [2.05, 4.69) is 5.09 Å². The third kappa shape index (κ3) is 7.30. The summed E-state index contributed by atoms with van der Waals surface area (Å²) in [5.41, 5.74) is 5.45. The Hall–Kier alpha value is -0.950. The van der Waals surface area contributed by atoms with E-state index < -0.39 is 19.5 Å². The molecule has 0 aromatic carbocycles. The van der Waals surface area contributed by atoms with Gasteiger partial charge in [-0.2, -0.15) is 0 Å². The van der Waals surface area contributed by atoms with E-state index in [4.69, 9.17) is 15.4 Å². The molecular formula is C15H30N3O5P. The number of amides is 1. The highest BCUT2D eigenvalue weighted by atomic mass is 31.2. The number of rotatable bonds is 12. The number of aliphatic carboxylic acids is 1. The van der Waals surface area contributed by atoms with E-state index in [0.717, 1.165) is 25.7 Å². The first kappa shape index (κ1) is 21.1. The molecule has 1 fully saturated rings. The van der Waals surface area contributed by atoms with E-state index in [1.165, 1.54) is 4.90 Å². The fraction of sp³-hybridized carbons (Fsp3) is 0.867. The van der Waals surface area contributed by atoms with Crippen molar-refractivity contribution < 1.29 is 23.8 Å².